The van der Waals surface area contributed by atoms with E-state index in [-0.39, 0.29) is 30.5 Å². The van der Waals surface area contributed by atoms with Crippen molar-refractivity contribution < 1.29 is 4.79 Å². The van der Waals surface area contributed by atoms with Crippen molar-refractivity contribution in [2.24, 2.45) is 0 Å². The molecule has 3 N–H and O–H groups in total. The zero-order valence-electron chi connectivity index (χ0n) is 18.8. The summed E-state index contributed by atoms with van der Waals surface area (Å²) in [4.78, 5) is 43.2. The van der Waals surface area contributed by atoms with Gasteiger partial charge in [0.05, 0.1) is 12.5 Å². The number of hydrogen-bond acceptors (Lipinski definition) is 4. The molecule has 4 rings (SSSR count). The van der Waals surface area contributed by atoms with Crippen LogP contribution in [-0.2, 0) is 11.3 Å². The molecule has 0 bridgehead atoms. The summed E-state index contributed by atoms with van der Waals surface area (Å²) in [7, 11) is 0. The highest BCUT2D eigenvalue weighted by molar-refractivity contribution is 6.01. The number of likely N-dealkylation sites (N-methyl/N-ethyl adjacent to an activating group) is 1. The summed E-state index contributed by atoms with van der Waals surface area (Å²) in [6.07, 6.45) is 0. The van der Waals surface area contributed by atoms with Gasteiger partial charge in [0.25, 0.3) is 5.56 Å². The number of nitrogens with one attached hydrogen (secondary N) is 1. The van der Waals surface area contributed by atoms with Crippen LogP contribution in [-0.4, -0.2) is 22.0 Å². The van der Waals surface area contributed by atoms with E-state index >= 15 is 0 Å². The molecule has 0 aliphatic rings. The zero-order valence-corrected chi connectivity index (χ0v) is 18.8. The molecule has 0 saturated heterocycles. The summed E-state index contributed by atoms with van der Waals surface area (Å²) in [5.41, 5.74) is 7.46. The van der Waals surface area contributed by atoms with Crippen molar-refractivity contribution in [2.45, 2.75) is 19.4 Å². The quantitative estimate of drug-likeness (QED) is 0.447. The zero-order chi connectivity index (χ0) is 24.1. The minimum Gasteiger partial charge on any atom is -0.383 e. The van der Waals surface area contributed by atoms with Crippen molar-refractivity contribution >= 4 is 17.4 Å². The molecule has 172 valence electrons. The fraction of sp³-hybridized carbons (Fsp3) is 0.148. The first-order valence-corrected chi connectivity index (χ1v) is 11.1. The highest BCUT2D eigenvalue weighted by atomic mass is 16.2. The normalized spacial score (nSPS) is 10.9. The van der Waals surface area contributed by atoms with Gasteiger partial charge in [-0.15, -0.1) is 0 Å². The fourth-order valence-electron chi connectivity index (χ4n) is 4.11. The van der Waals surface area contributed by atoms with E-state index in [2.05, 4.69) is 4.98 Å². The maximum Gasteiger partial charge on any atom is 0.330 e. The average Bonchev–Trinajstić information content (AvgIpc) is 2.86. The Labute approximate surface area is 197 Å². The van der Waals surface area contributed by atoms with Crippen molar-refractivity contribution in [3.8, 4) is 0 Å². The average molecular weight is 455 g/mol. The van der Waals surface area contributed by atoms with E-state index in [9.17, 15) is 14.4 Å². The molecule has 0 fully saturated rings. The maximum absolute atomic E-state index is 14.0. The predicted molar refractivity (Wildman–Crippen MR) is 134 cm³/mol. The van der Waals surface area contributed by atoms with E-state index in [1.165, 1.54) is 9.47 Å². The summed E-state index contributed by atoms with van der Waals surface area (Å²) >= 11 is 0. The molecule has 0 radical (unpaired) electrons. The molecule has 0 atom stereocenters. The SMILES string of the molecule is CCN(C(=O)C(c1ccccc1)c1ccccc1)c1c(N)n(Cc2ccccc2)c(=O)[nH]c1=O. The predicted octanol–water partition coefficient (Wildman–Crippen LogP) is 3.35. The van der Waals surface area contributed by atoms with Crippen LogP contribution in [0.4, 0.5) is 11.5 Å². The first kappa shape index (κ1) is 22.8. The highest BCUT2D eigenvalue weighted by Crippen LogP contribution is 2.29. The van der Waals surface area contributed by atoms with Crippen LogP contribution < -0.4 is 21.9 Å². The van der Waals surface area contributed by atoms with Crippen LogP contribution in [0.1, 0.15) is 29.5 Å². The van der Waals surface area contributed by atoms with Crippen molar-refractivity contribution in [1.29, 1.82) is 0 Å². The van der Waals surface area contributed by atoms with Gasteiger partial charge in [-0.05, 0) is 23.6 Å². The number of nitrogens with two attached hydrogens (primary N) is 1. The summed E-state index contributed by atoms with van der Waals surface area (Å²) in [6, 6.07) is 28.1. The number of aromatic amines is 1. The van der Waals surface area contributed by atoms with Gasteiger partial charge in [0, 0.05) is 6.54 Å². The molecule has 1 aromatic heterocycles. The van der Waals surface area contributed by atoms with Gasteiger partial charge in [0.2, 0.25) is 5.91 Å². The lowest BCUT2D eigenvalue weighted by Crippen LogP contribution is -2.43. The summed E-state index contributed by atoms with van der Waals surface area (Å²) in [6.45, 7) is 2.14. The van der Waals surface area contributed by atoms with Crippen molar-refractivity contribution in [3.63, 3.8) is 0 Å². The van der Waals surface area contributed by atoms with Gasteiger partial charge in [-0.1, -0.05) is 91.0 Å². The Balaban J connectivity index is 1.82. The van der Waals surface area contributed by atoms with E-state index in [0.29, 0.717) is 0 Å². The number of H-pyrrole nitrogens is 1. The second kappa shape index (κ2) is 10.0. The Morgan fingerprint density at radius 2 is 1.38 bits per heavy atom. The van der Waals surface area contributed by atoms with Gasteiger partial charge in [-0.25, -0.2) is 4.79 Å². The van der Waals surface area contributed by atoms with Crippen LogP contribution in [0.2, 0.25) is 0 Å². The van der Waals surface area contributed by atoms with Gasteiger partial charge in [0.1, 0.15) is 5.82 Å². The molecule has 0 unspecified atom stereocenters. The number of benzene rings is 3. The number of rotatable bonds is 7. The molecule has 0 aliphatic carbocycles. The topological polar surface area (TPSA) is 101 Å². The molecule has 0 spiro atoms. The number of hydrogen-bond donors (Lipinski definition) is 2. The second-order valence-corrected chi connectivity index (χ2v) is 7.90. The maximum atomic E-state index is 14.0. The summed E-state index contributed by atoms with van der Waals surface area (Å²) < 4.78 is 1.28. The van der Waals surface area contributed by atoms with Gasteiger partial charge in [-0.3, -0.25) is 19.1 Å². The molecular weight excluding hydrogens is 428 g/mol. The second-order valence-electron chi connectivity index (χ2n) is 7.90. The highest BCUT2D eigenvalue weighted by Gasteiger charge is 2.31. The Morgan fingerprint density at radius 3 is 1.88 bits per heavy atom. The molecule has 1 amide bonds. The van der Waals surface area contributed by atoms with E-state index < -0.39 is 17.2 Å². The summed E-state index contributed by atoms with van der Waals surface area (Å²) in [5.74, 6) is -0.995. The Hall–Kier alpha value is -4.39. The minimum absolute atomic E-state index is 0.0279. The number of amides is 1. The molecule has 0 saturated carbocycles. The number of nitrogen functional groups attached to an aromatic ring is 1. The fourth-order valence-corrected chi connectivity index (χ4v) is 4.11. The van der Waals surface area contributed by atoms with Crippen LogP contribution in [0.25, 0.3) is 0 Å². The van der Waals surface area contributed by atoms with Gasteiger partial charge < -0.3 is 10.6 Å². The van der Waals surface area contributed by atoms with Gasteiger partial charge in [0.15, 0.2) is 5.69 Å². The molecule has 0 aliphatic heterocycles. The lowest BCUT2D eigenvalue weighted by Gasteiger charge is -2.28. The van der Waals surface area contributed by atoms with Crippen molar-refractivity contribution in [2.75, 3.05) is 17.2 Å². The first-order valence-electron chi connectivity index (χ1n) is 11.1. The molecular formula is C27H26N4O3. The van der Waals surface area contributed by atoms with Crippen molar-refractivity contribution in [1.82, 2.24) is 9.55 Å². The van der Waals surface area contributed by atoms with Crippen molar-refractivity contribution in [3.05, 3.63) is 129 Å². The largest absolute Gasteiger partial charge is 0.383 e. The van der Waals surface area contributed by atoms with E-state index in [0.717, 1.165) is 16.7 Å². The Bertz CT molecular complexity index is 1340. The standard InChI is InChI=1S/C27H26N4O3/c1-2-30(26(33)22(20-14-8-4-9-15-20)21-16-10-5-11-17-21)23-24(28)31(27(34)29-25(23)32)18-19-12-6-3-7-13-19/h3-17,22H,2,18,28H2,1H3,(H,29,32,34). The number of anilines is 2. The lowest BCUT2D eigenvalue weighted by atomic mass is 9.90. The number of nitrogens with zero attached hydrogens (tertiary/aromatic N) is 2. The Kier molecular flexibility index (Phi) is 6.73. The van der Waals surface area contributed by atoms with Crippen LogP contribution >= 0.6 is 0 Å². The molecule has 1 heterocycles. The lowest BCUT2D eigenvalue weighted by molar-refractivity contribution is -0.119. The van der Waals surface area contributed by atoms with Crippen LogP contribution in [0.3, 0.4) is 0 Å². The molecule has 34 heavy (non-hydrogen) atoms. The van der Waals surface area contributed by atoms with Crippen LogP contribution in [0, 0.1) is 0 Å². The van der Waals surface area contributed by atoms with E-state index in [1.54, 1.807) is 6.92 Å². The van der Waals surface area contributed by atoms with E-state index in [4.69, 9.17) is 5.73 Å². The smallest absolute Gasteiger partial charge is 0.330 e. The third-order valence-electron chi connectivity index (χ3n) is 5.76. The molecule has 3 aromatic carbocycles. The molecule has 4 aromatic rings. The van der Waals surface area contributed by atoms with Gasteiger partial charge >= 0.3 is 5.69 Å². The summed E-state index contributed by atoms with van der Waals surface area (Å²) in [5, 5.41) is 0. The van der Waals surface area contributed by atoms with Crippen LogP contribution in [0.5, 0.6) is 0 Å². The number of carbonyl (C=O) groups is 1. The third kappa shape index (κ3) is 4.54. The Morgan fingerprint density at radius 1 is 0.882 bits per heavy atom. The first-order chi connectivity index (χ1) is 16.5. The monoisotopic (exact) mass is 454 g/mol. The molecule has 7 heteroatoms. The number of carbonyl (C=O) groups excluding carboxylic acids is 1. The van der Waals surface area contributed by atoms with E-state index in [1.807, 2.05) is 91.0 Å². The minimum atomic E-state index is -0.693. The number of aromatic nitrogens is 2. The third-order valence-corrected chi connectivity index (χ3v) is 5.76. The van der Waals surface area contributed by atoms with Gasteiger partial charge in [-0.2, -0.15) is 0 Å². The van der Waals surface area contributed by atoms with Crippen LogP contribution in [0.15, 0.2) is 101 Å². The molecule has 7 nitrogen and oxygen atoms in total.